The van der Waals surface area contributed by atoms with Crippen LogP contribution in [-0.4, -0.2) is 31.2 Å². The second-order valence-electron chi connectivity index (χ2n) is 3.27. The van der Waals surface area contributed by atoms with Crippen LogP contribution in [0.25, 0.3) is 0 Å². The Bertz CT molecular complexity index is 501. The molecule has 0 spiro atoms. The number of sulfone groups is 1. The smallest absolute Gasteiger partial charge is 0.220 e. The predicted molar refractivity (Wildman–Crippen MR) is 57.5 cm³/mol. The number of hydrogen-bond acceptors (Lipinski definition) is 5. The van der Waals surface area contributed by atoms with Crippen molar-refractivity contribution in [2.75, 3.05) is 12.9 Å². The Balaban J connectivity index is 2.56. The molecular weight excluding hydrogens is 284 g/mol. The van der Waals surface area contributed by atoms with Crippen molar-refractivity contribution in [3.05, 3.63) is 16.0 Å². The average molecular weight is 293 g/mol. The SMILES string of the molecule is COc1nc(Br)nc2c1CCS(=O)(=O)C2. The minimum Gasteiger partial charge on any atom is -0.481 e. The van der Waals surface area contributed by atoms with Crippen LogP contribution in [0, 0.1) is 0 Å². The molecule has 0 saturated carbocycles. The van der Waals surface area contributed by atoms with E-state index in [0.717, 1.165) is 5.56 Å². The predicted octanol–water partition coefficient (Wildman–Crippen LogP) is 0.719. The Hall–Kier alpha value is -0.690. The number of ether oxygens (including phenoxy) is 1. The van der Waals surface area contributed by atoms with E-state index in [-0.39, 0.29) is 11.5 Å². The summed E-state index contributed by atoms with van der Waals surface area (Å²) in [7, 11) is -1.49. The van der Waals surface area contributed by atoms with Crippen molar-refractivity contribution in [1.29, 1.82) is 0 Å². The average Bonchev–Trinajstić information content (AvgIpc) is 2.14. The van der Waals surface area contributed by atoms with Crippen LogP contribution < -0.4 is 4.74 Å². The van der Waals surface area contributed by atoms with Gasteiger partial charge in [-0.2, -0.15) is 4.98 Å². The van der Waals surface area contributed by atoms with Gasteiger partial charge in [-0.1, -0.05) is 0 Å². The maximum Gasteiger partial charge on any atom is 0.220 e. The summed E-state index contributed by atoms with van der Waals surface area (Å²) in [6, 6.07) is 0. The van der Waals surface area contributed by atoms with Gasteiger partial charge < -0.3 is 4.74 Å². The summed E-state index contributed by atoms with van der Waals surface area (Å²) in [5.41, 5.74) is 1.34. The van der Waals surface area contributed by atoms with Gasteiger partial charge in [0.05, 0.1) is 24.3 Å². The zero-order valence-corrected chi connectivity index (χ0v) is 10.4. The third-order valence-electron chi connectivity index (χ3n) is 2.24. The largest absolute Gasteiger partial charge is 0.481 e. The standard InChI is InChI=1S/C8H9BrN2O3S/c1-14-7-5-2-3-15(12,13)4-6(5)10-8(9)11-7/h2-4H2,1H3. The first-order valence-electron chi connectivity index (χ1n) is 4.31. The first-order valence-corrected chi connectivity index (χ1v) is 6.93. The molecule has 1 aromatic rings. The molecule has 2 rings (SSSR count). The van der Waals surface area contributed by atoms with Crippen LogP contribution in [0.4, 0.5) is 0 Å². The Labute approximate surface area is 95.9 Å². The fourth-order valence-corrected chi connectivity index (χ4v) is 3.25. The quantitative estimate of drug-likeness (QED) is 0.714. The fraction of sp³-hybridized carbons (Fsp3) is 0.500. The van der Waals surface area contributed by atoms with Crippen molar-refractivity contribution in [3.8, 4) is 5.88 Å². The first-order chi connectivity index (χ1) is 7.02. The molecule has 7 heteroatoms. The Kier molecular flexibility index (Phi) is 2.68. The van der Waals surface area contributed by atoms with Crippen LogP contribution in [0.1, 0.15) is 11.3 Å². The minimum absolute atomic E-state index is 0.0280. The highest BCUT2D eigenvalue weighted by Crippen LogP contribution is 2.27. The van der Waals surface area contributed by atoms with Crippen molar-refractivity contribution < 1.29 is 13.2 Å². The highest BCUT2D eigenvalue weighted by atomic mass is 79.9. The normalized spacial score (nSPS) is 18.3. The number of fused-ring (bicyclic) bond motifs is 1. The highest BCUT2D eigenvalue weighted by Gasteiger charge is 2.26. The van der Waals surface area contributed by atoms with Crippen molar-refractivity contribution in [3.63, 3.8) is 0 Å². The van der Waals surface area contributed by atoms with Crippen molar-refractivity contribution in [2.45, 2.75) is 12.2 Å². The van der Waals surface area contributed by atoms with E-state index in [2.05, 4.69) is 25.9 Å². The summed E-state index contributed by atoms with van der Waals surface area (Å²) in [5, 5.41) is 0. The van der Waals surface area contributed by atoms with Gasteiger partial charge in [-0.3, -0.25) is 0 Å². The van der Waals surface area contributed by atoms with Gasteiger partial charge in [-0.15, -0.1) is 0 Å². The maximum absolute atomic E-state index is 11.4. The molecular formula is C8H9BrN2O3S. The van der Waals surface area contributed by atoms with E-state index < -0.39 is 9.84 Å². The molecule has 0 N–H and O–H groups in total. The monoisotopic (exact) mass is 292 g/mol. The number of hydrogen-bond donors (Lipinski definition) is 0. The fourth-order valence-electron chi connectivity index (χ4n) is 1.56. The van der Waals surface area contributed by atoms with Gasteiger partial charge in [0.1, 0.15) is 0 Å². The molecule has 5 nitrogen and oxygen atoms in total. The number of methoxy groups -OCH3 is 1. The third kappa shape index (κ3) is 2.12. The molecule has 0 aliphatic carbocycles. The number of aromatic nitrogens is 2. The van der Waals surface area contributed by atoms with Gasteiger partial charge in [0.2, 0.25) is 5.88 Å². The van der Waals surface area contributed by atoms with E-state index in [1.54, 1.807) is 0 Å². The maximum atomic E-state index is 11.4. The third-order valence-corrected chi connectivity index (χ3v) is 4.13. The Morgan fingerprint density at radius 1 is 1.40 bits per heavy atom. The van der Waals surface area contributed by atoms with Crippen LogP contribution in [-0.2, 0) is 22.0 Å². The zero-order chi connectivity index (χ0) is 11.1. The molecule has 15 heavy (non-hydrogen) atoms. The minimum atomic E-state index is -3.00. The lowest BCUT2D eigenvalue weighted by Gasteiger charge is -2.17. The molecule has 0 unspecified atom stereocenters. The summed E-state index contributed by atoms with van der Waals surface area (Å²) >= 11 is 3.12. The van der Waals surface area contributed by atoms with E-state index in [4.69, 9.17) is 4.74 Å². The summed E-state index contributed by atoms with van der Waals surface area (Å²) in [6.07, 6.45) is 0.425. The molecule has 2 heterocycles. The van der Waals surface area contributed by atoms with Crippen LogP contribution in [0.5, 0.6) is 5.88 Å². The molecule has 0 radical (unpaired) electrons. The van der Waals surface area contributed by atoms with E-state index in [0.29, 0.717) is 22.7 Å². The lowest BCUT2D eigenvalue weighted by Crippen LogP contribution is -2.21. The van der Waals surface area contributed by atoms with Gasteiger partial charge in [0, 0.05) is 5.56 Å². The molecule has 0 fully saturated rings. The van der Waals surface area contributed by atoms with Crippen LogP contribution in [0.2, 0.25) is 0 Å². The molecule has 0 bridgehead atoms. The summed E-state index contributed by atoms with van der Waals surface area (Å²) in [6.45, 7) is 0. The molecule has 1 aliphatic rings. The van der Waals surface area contributed by atoms with Crippen molar-refractivity contribution in [1.82, 2.24) is 9.97 Å². The Morgan fingerprint density at radius 3 is 2.80 bits per heavy atom. The highest BCUT2D eigenvalue weighted by molar-refractivity contribution is 9.10. The van der Waals surface area contributed by atoms with Crippen molar-refractivity contribution in [2.24, 2.45) is 0 Å². The molecule has 82 valence electrons. The molecule has 1 aliphatic heterocycles. The second-order valence-corrected chi connectivity index (χ2v) is 6.16. The van der Waals surface area contributed by atoms with Gasteiger partial charge >= 0.3 is 0 Å². The molecule has 0 saturated heterocycles. The lowest BCUT2D eigenvalue weighted by atomic mass is 10.2. The number of halogens is 1. The summed E-state index contributed by atoms with van der Waals surface area (Å²) in [5.74, 6) is 0.572. The Morgan fingerprint density at radius 2 is 2.13 bits per heavy atom. The molecule has 0 amide bonds. The van der Waals surface area contributed by atoms with Crippen LogP contribution in [0.15, 0.2) is 4.73 Å². The number of nitrogens with zero attached hydrogens (tertiary/aromatic N) is 2. The van der Waals surface area contributed by atoms with Gasteiger partial charge in [-0.05, 0) is 22.4 Å². The molecule has 1 aromatic heterocycles. The summed E-state index contributed by atoms with van der Waals surface area (Å²) in [4.78, 5) is 8.11. The van der Waals surface area contributed by atoms with E-state index in [9.17, 15) is 8.42 Å². The lowest BCUT2D eigenvalue weighted by molar-refractivity contribution is 0.389. The zero-order valence-electron chi connectivity index (χ0n) is 8.03. The van der Waals surface area contributed by atoms with Crippen LogP contribution >= 0.6 is 15.9 Å². The van der Waals surface area contributed by atoms with Gasteiger partial charge in [-0.25, -0.2) is 13.4 Å². The molecule has 0 atom stereocenters. The second kappa shape index (κ2) is 3.71. The molecule has 0 aromatic carbocycles. The van der Waals surface area contributed by atoms with Gasteiger partial charge in [0.25, 0.3) is 0 Å². The van der Waals surface area contributed by atoms with Crippen LogP contribution in [0.3, 0.4) is 0 Å². The van der Waals surface area contributed by atoms with Crippen molar-refractivity contribution >= 4 is 25.8 Å². The van der Waals surface area contributed by atoms with E-state index in [1.807, 2.05) is 0 Å². The van der Waals surface area contributed by atoms with E-state index in [1.165, 1.54) is 7.11 Å². The van der Waals surface area contributed by atoms with Gasteiger partial charge in [0.15, 0.2) is 14.6 Å². The summed E-state index contributed by atoms with van der Waals surface area (Å²) < 4.78 is 28.3. The number of rotatable bonds is 1. The topological polar surface area (TPSA) is 69.2 Å². The first kappa shape index (κ1) is 10.8. The van der Waals surface area contributed by atoms with E-state index >= 15 is 0 Å².